The Morgan fingerprint density at radius 1 is 1.32 bits per heavy atom. The molecule has 10 nitrogen and oxygen atoms in total. The van der Waals surface area contributed by atoms with Crippen LogP contribution in [0.5, 0.6) is 5.75 Å². The molecule has 1 heterocycles. The van der Waals surface area contributed by atoms with Crippen LogP contribution in [-0.2, 0) is 17.7 Å². The Balaban J connectivity index is 2.13. The summed E-state index contributed by atoms with van der Waals surface area (Å²) in [6.07, 6.45) is 6.12. The van der Waals surface area contributed by atoms with Gasteiger partial charge >= 0.3 is 6.09 Å². The van der Waals surface area contributed by atoms with Gasteiger partial charge in [-0.15, -0.1) is 0 Å². The zero-order chi connectivity index (χ0) is 28.6. The summed E-state index contributed by atoms with van der Waals surface area (Å²) in [7, 11) is 1.50. The molecule has 1 aliphatic rings. The van der Waals surface area contributed by atoms with Gasteiger partial charge in [-0.2, -0.15) is 0 Å². The van der Waals surface area contributed by atoms with Crippen LogP contribution in [0, 0.1) is 10.8 Å². The maximum absolute atomic E-state index is 13.1. The van der Waals surface area contributed by atoms with Gasteiger partial charge in [0.15, 0.2) is 0 Å². The molecule has 1 aliphatic heterocycles. The molecule has 206 valence electrons. The Labute approximate surface area is 224 Å². The number of methoxy groups -OCH3 is 1. The van der Waals surface area contributed by atoms with E-state index in [4.69, 9.17) is 20.3 Å². The standard InChI is InChI=1S/C28H39N5O5/c1-18(25(30)33(17-29)20(3)16-34)9-8-10-19(2)31-26(35)23-13-22-15-32(27(36)38-28(4,5)6)12-11-21(22)14-24(23)37-7/h8-10,13-14,17,20,29-30,34H,2,11-12,15-16H2,1,3-7H3,(H,31,35)/b10-8-,18-9+,29-17?,30-25?. The van der Waals surface area contributed by atoms with Crippen molar-refractivity contribution >= 4 is 24.2 Å². The van der Waals surface area contributed by atoms with Crippen molar-refractivity contribution in [1.29, 1.82) is 10.8 Å². The minimum absolute atomic E-state index is 0.0834. The van der Waals surface area contributed by atoms with Crippen LogP contribution in [0.2, 0.25) is 0 Å². The van der Waals surface area contributed by atoms with E-state index in [1.165, 1.54) is 12.0 Å². The van der Waals surface area contributed by atoms with Crippen molar-refractivity contribution in [2.45, 2.75) is 59.2 Å². The summed E-state index contributed by atoms with van der Waals surface area (Å²) < 4.78 is 11.0. The number of nitrogens with one attached hydrogen (secondary N) is 3. The minimum atomic E-state index is -0.596. The van der Waals surface area contributed by atoms with Crippen LogP contribution >= 0.6 is 0 Å². The Kier molecular flexibility index (Phi) is 10.4. The van der Waals surface area contributed by atoms with E-state index in [2.05, 4.69) is 11.9 Å². The predicted octanol–water partition coefficient (Wildman–Crippen LogP) is 4.00. The predicted molar refractivity (Wildman–Crippen MR) is 148 cm³/mol. The van der Waals surface area contributed by atoms with E-state index in [1.54, 1.807) is 43.0 Å². The lowest BCUT2D eigenvalue weighted by Crippen LogP contribution is -2.40. The Bertz CT molecular complexity index is 1150. The first-order valence-corrected chi connectivity index (χ1v) is 12.3. The molecule has 1 atom stereocenters. The molecule has 0 bridgehead atoms. The second kappa shape index (κ2) is 13.0. The largest absolute Gasteiger partial charge is 0.496 e. The molecule has 4 N–H and O–H groups in total. The molecule has 10 heteroatoms. The minimum Gasteiger partial charge on any atom is -0.496 e. The molecule has 0 spiro atoms. The summed E-state index contributed by atoms with van der Waals surface area (Å²) >= 11 is 0. The van der Waals surface area contributed by atoms with Crippen molar-refractivity contribution in [3.63, 3.8) is 0 Å². The lowest BCUT2D eigenvalue weighted by molar-refractivity contribution is 0.0224. The van der Waals surface area contributed by atoms with E-state index in [9.17, 15) is 14.7 Å². The highest BCUT2D eigenvalue weighted by Crippen LogP contribution is 2.29. The van der Waals surface area contributed by atoms with Gasteiger partial charge in [0.25, 0.3) is 5.91 Å². The molecular weight excluding hydrogens is 486 g/mol. The highest BCUT2D eigenvalue weighted by Gasteiger charge is 2.27. The molecule has 0 aliphatic carbocycles. The zero-order valence-electron chi connectivity index (χ0n) is 23.1. The Morgan fingerprint density at radius 3 is 2.58 bits per heavy atom. The molecular formula is C28H39N5O5. The molecule has 0 aromatic heterocycles. The van der Waals surface area contributed by atoms with Gasteiger partial charge in [-0.25, -0.2) is 4.79 Å². The maximum atomic E-state index is 13.1. The SMILES string of the molecule is C=C(/C=C\C=C(/C)C(=N)N(C=N)C(C)CO)NC(=O)c1cc2c(cc1OC)CCN(C(=O)OC(C)(C)C)C2. The summed E-state index contributed by atoms with van der Waals surface area (Å²) in [5.74, 6) is 0.103. The molecule has 1 aromatic carbocycles. The van der Waals surface area contributed by atoms with E-state index < -0.39 is 23.6 Å². The molecule has 0 fully saturated rings. The number of carbonyl (C=O) groups excluding carboxylic acids is 2. The number of aliphatic hydroxyl groups is 1. The smallest absolute Gasteiger partial charge is 0.410 e. The van der Waals surface area contributed by atoms with Crippen LogP contribution in [0.4, 0.5) is 4.79 Å². The third-order valence-electron chi connectivity index (χ3n) is 5.86. The second-order valence-corrected chi connectivity index (χ2v) is 10.1. The van der Waals surface area contributed by atoms with Crippen molar-refractivity contribution in [3.05, 3.63) is 64.9 Å². The fraction of sp³-hybridized carbons (Fsp3) is 0.429. The van der Waals surface area contributed by atoms with E-state index >= 15 is 0 Å². The Hall–Kier alpha value is -3.92. The molecule has 2 rings (SSSR count). The fourth-order valence-electron chi connectivity index (χ4n) is 3.76. The normalized spacial score (nSPS) is 14.4. The number of benzene rings is 1. The number of hydrogen-bond acceptors (Lipinski definition) is 7. The first kappa shape index (κ1) is 30.3. The van der Waals surface area contributed by atoms with Crippen molar-refractivity contribution in [2.24, 2.45) is 0 Å². The second-order valence-electron chi connectivity index (χ2n) is 10.1. The molecule has 1 unspecified atom stereocenters. The highest BCUT2D eigenvalue weighted by atomic mass is 16.6. The van der Waals surface area contributed by atoms with Crippen molar-refractivity contribution in [3.8, 4) is 5.75 Å². The van der Waals surface area contributed by atoms with Gasteiger partial charge in [-0.1, -0.05) is 18.7 Å². The van der Waals surface area contributed by atoms with E-state index in [1.807, 2.05) is 26.8 Å². The zero-order valence-corrected chi connectivity index (χ0v) is 23.1. The van der Waals surface area contributed by atoms with Crippen LogP contribution < -0.4 is 10.1 Å². The summed E-state index contributed by atoms with van der Waals surface area (Å²) in [6, 6.07) is 3.16. The molecule has 38 heavy (non-hydrogen) atoms. The van der Waals surface area contributed by atoms with Gasteiger partial charge in [-0.3, -0.25) is 15.6 Å². The number of amides is 2. The molecule has 1 aromatic rings. The number of rotatable bonds is 9. The van der Waals surface area contributed by atoms with Crippen molar-refractivity contribution in [1.82, 2.24) is 15.1 Å². The number of allylic oxidation sites excluding steroid dienone is 3. The summed E-state index contributed by atoms with van der Waals surface area (Å²) in [5.41, 5.74) is 2.47. The van der Waals surface area contributed by atoms with Gasteiger partial charge < -0.3 is 29.7 Å². The number of fused-ring (bicyclic) bond motifs is 1. The lowest BCUT2D eigenvalue weighted by atomic mass is 9.96. The van der Waals surface area contributed by atoms with E-state index in [-0.39, 0.29) is 12.4 Å². The third kappa shape index (κ3) is 8.04. The summed E-state index contributed by atoms with van der Waals surface area (Å²) in [5, 5.41) is 27.8. The topological polar surface area (TPSA) is 139 Å². The molecule has 0 saturated carbocycles. The average molecular weight is 526 g/mol. The van der Waals surface area contributed by atoms with Crippen LogP contribution in [0.1, 0.15) is 56.1 Å². The first-order valence-electron chi connectivity index (χ1n) is 12.3. The van der Waals surface area contributed by atoms with Crippen molar-refractivity contribution < 1.29 is 24.2 Å². The van der Waals surface area contributed by atoms with Crippen LogP contribution in [0.3, 0.4) is 0 Å². The number of aliphatic hydroxyl groups excluding tert-OH is 1. The van der Waals surface area contributed by atoms with Crippen LogP contribution in [0.15, 0.2) is 48.2 Å². The Morgan fingerprint density at radius 2 is 2.00 bits per heavy atom. The summed E-state index contributed by atoms with van der Waals surface area (Å²) in [4.78, 5) is 28.6. The highest BCUT2D eigenvalue weighted by molar-refractivity contribution is 6.01. The van der Waals surface area contributed by atoms with Crippen molar-refractivity contribution in [2.75, 3.05) is 20.3 Å². The lowest BCUT2D eigenvalue weighted by Gasteiger charge is -2.31. The number of nitrogens with zero attached hydrogens (tertiary/aromatic N) is 2. The molecule has 0 radical (unpaired) electrons. The summed E-state index contributed by atoms with van der Waals surface area (Å²) in [6.45, 7) is 13.4. The number of hydrogen-bond donors (Lipinski definition) is 4. The number of carbonyl (C=O) groups is 2. The van der Waals surface area contributed by atoms with E-state index in [0.717, 1.165) is 17.5 Å². The fourth-order valence-corrected chi connectivity index (χ4v) is 3.76. The monoisotopic (exact) mass is 525 g/mol. The van der Waals surface area contributed by atoms with Crippen LogP contribution in [0.25, 0.3) is 0 Å². The van der Waals surface area contributed by atoms with Gasteiger partial charge in [0.2, 0.25) is 0 Å². The average Bonchev–Trinajstić information content (AvgIpc) is 2.86. The van der Waals surface area contributed by atoms with Gasteiger partial charge in [-0.05, 0) is 75.9 Å². The van der Waals surface area contributed by atoms with Gasteiger partial charge in [0, 0.05) is 18.8 Å². The van der Waals surface area contributed by atoms with E-state index in [0.29, 0.717) is 42.1 Å². The van der Waals surface area contributed by atoms with Gasteiger partial charge in [0.1, 0.15) is 17.2 Å². The third-order valence-corrected chi connectivity index (χ3v) is 5.86. The maximum Gasteiger partial charge on any atom is 0.410 e. The first-order chi connectivity index (χ1) is 17.8. The quantitative estimate of drug-likeness (QED) is 0.218. The number of ether oxygens (including phenoxy) is 2. The molecule has 2 amide bonds. The van der Waals surface area contributed by atoms with Gasteiger partial charge in [0.05, 0.1) is 31.7 Å². The van der Waals surface area contributed by atoms with Crippen LogP contribution in [-0.4, -0.2) is 71.0 Å². The molecule has 0 saturated heterocycles. The number of amidine groups is 1.